The van der Waals surface area contributed by atoms with Crippen LogP contribution in [0.15, 0.2) is 71.3 Å². The lowest BCUT2D eigenvalue weighted by atomic mass is 9.83. The zero-order valence-corrected chi connectivity index (χ0v) is 22.9. The molecule has 2 aromatic heterocycles. The SMILES string of the molecule is Cc1cc(-c2c(C)ccc3c2oc2c(-c4ccc(C5CCCCC5)cc4)cccc23)[n+](C)cc1C(C)C. The monoisotopic (exact) mass is 488 g/mol. The predicted octanol–water partition coefficient (Wildman–Crippen LogP) is 9.53. The van der Waals surface area contributed by atoms with Crippen molar-refractivity contribution < 1.29 is 8.98 Å². The molecule has 37 heavy (non-hydrogen) atoms. The predicted molar refractivity (Wildman–Crippen MR) is 155 cm³/mol. The lowest BCUT2D eigenvalue weighted by Gasteiger charge is -2.22. The second-order valence-electron chi connectivity index (χ2n) is 11.4. The Labute approximate surface area is 221 Å². The van der Waals surface area contributed by atoms with Gasteiger partial charge in [0, 0.05) is 28.0 Å². The number of pyridine rings is 1. The molecule has 0 aliphatic heterocycles. The Hall–Kier alpha value is -3.39. The van der Waals surface area contributed by atoms with Crippen LogP contribution < -0.4 is 4.57 Å². The molecule has 6 rings (SSSR count). The van der Waals surface area contributed by atoms with Crippen molar-refractivity contribution in [2.45, 2.75) is 71.6 Å². The molecule has 0 bridgehead atoms. The molecule has 1 saturated carbocycles. The van der Waals surface area contributed by atoms with Gasteiger partial charge < -0.3 is 4.42 Å². The molecule has 0 radical (unpaired) electrons. The third-order valence-electron chi connectivity index (χ3n) is 8.57. The fraction of sp³-hybridized carbons (Fsp3) is 0.343. The number of para-hydroxylation sites is 1. The Morgan fingerprint density at radius 2 is 1.54 bits per heavy atom. The molecule has 5 aromatic rings. The van der Waals surface area contributed by atoms with Crippen LogP contribution in [0.2, 0.25) is 0 Å². The van der Waals surface area contributed by atoms with Gasteiger partial charge in [-0.1, -0.05) is 87.7 Å². The number of rotatable bonds is 4. The first-order chi connectivity index (χ1) is 17.9. The van der Waals surface area contributed by atoms with Gasteiger partial charge in [-0.05, 0) is 60.8 Å². The van der Waals surface area contributed by atoms with Gasteiger partial charge in [0.1, 0.15) is 18.2 Å². The first kappa shape index (κ1) is 24.0. The van der Waals surface area contributed by atoms with E-state index in [1.54, 1.807) is 0 Å². The van der Waals surface area contributed by atoms with E-state index in [0.717, 1.165) is 17.1 Å². The average Bonchev–Trinajstić information content (AvgIpc) is 3.29. The van der Waals surface area contributed by atoms with E-state index < -0.39 is 0 Å². The summed E-state index contributed by atoms with van der Waals surface area (Å²) in [6.45, 7) is 8.94. The number of furan rings is 1. The van der Waals surface area contributed by atoms with Gasteiger partial charge >= 0.3 is 0 Å². The molecule has 3 aromatic carbocycles. The third-order valence-corrected chi connectivity index (χ3v) is 8.57. The van der Waals surface area contributed by atoms with Gasteiger partial charge in [0.15, 0.2) is 6.20 Å². The summed E-state index contributed by atoms with van der Waals surface area (Å²) in [6.07, 6.45) is 9.07. The van der Waals surface area contributed by atoms with Crippen molar-refractivity contribution in [1.82, 2.24) is 0 Å². The normalized spacial score (nSPS) is 14.8. The summed E-state index contributed by atoms with van der Waals surface area (Å²) in [5.74, 6) is 1.22. The van der Waals surface area contributed by atoms with Crippen LogP contribution in [0.5, 0.6) is 0 Å². The number of hydrogen-bond acceptors (Lipinski definition) is 1. The summed E-state index contributed by atoms with van der Waals surface area (Å²) in [5.41, 5.74) is 12.2. The van der Waals surface area contributed by atoms with Crippen molar-refractivity contribution in [3.8, 4) is 22.4 Å². The Morgan fingerprint density at radius 1 is 0.811 bits per heavy atom. The largest absolute Gasteiger partial charge is 0.454 e. The maximum Gasteiger partial charge on any atom is 0.216 e. The molecule has 2 heteroatoms. The number of benzene rings is 3. The Bertz CT molecular complexity index is 1600. The average molecular weight is 489 g/mol. The van der Waals surface area contributed by atoms with Crippen molar-refractivity contribution in [1.29, 1.82) is 0 Å². The molecule has 0 amide bonds. The van der Waals surface area contributed by atoms with Gasteiger partial charge in [-0.25, -0.2) is 4.57 Å². The van der Waals surface area contributed by atoms with Gasteiger partial charge in [-0.3, -0.25) is 0 Å². The van der Waals surface area contributed by atoms with Crippen molar-refractivity contribution in [3.05, 3.63) is 89.1 Å². The van der Waals surface area contributed by atoms with Crippen molar-refractivity contribution >= 4 is 21.9 Å². The van der Waals surface area contributed by atoms with Crippen LogP contribution in [0.25, 0.3) is 44.3 Å². The van der Waals surface area contributed by atoms with E-state index in [2.05, 4.69) is 106 Å². The highest BCUT2D eigenvalue weighted by Crippen LogP contribution is 2.41. The van der Waals surface area contributed by atoms with Gasteiger partial charge in [-0.15, -0.1) is 0 Å². The molecule has 0 unspecified atom stereocenters. The highest BCUT2D eigenvalue weighted by Gasteiger charge is 2.24. The first-order valence-electron chi connectivity index (χ1n) is 14.0. The first-order valence-corrected chi connectivity index (χ1v) is 14.0. The van der Waals surface area contributed by atoms with E-state index >= 15 is 0 Å². The van der Waals surface area contributed by atoms with Gasteiger partial charge in [-0.2, -0.15) is 0 Å². The molecular weight excluding hydrogens is 450 g/mol. The van der Waals surface area contributed by atoms with Crippen LogP contribution >= 0.6 is 0 Å². The minimum Gasteiger partial charge on any atom is -0.454 e. The maximum absolute atomic E-state index is 6.81. The van der Waals surface area contributed by atoms with Gasteiger partial charge in [0.05, 0.1) is 5.56 Å². The van der Waals surface area contributed by atoms with Crippen LogP contribution in [-0.4, -0.2) is 0 Å². The molecule has 188 valence electrons. The van der Waals surface area contributed by atoms with E-state index in [1.165, 1.54) is 87.5 Å². The van der Waals surface area contributed by atoms with Crippen LogP contribution in [0, 0.1) is 13.8 Å². The van der Waals surface area contributed by atoms with Crippen molar-refractivity contribution in [2.75, 3.05) is 0 Å². The van der Waals surface area contributed by atoms with Gasteiger partial charge in [0.2, 0.25) is 5.69 Å². The Balaban J connectivity index is 1.50. The topological polar surface area (TPSA) is 17.0 Å². The molecule has 2 nitrogen and oxygen atoms in total. The minimum atomic E-state index is 0.496. The fourth-order valence-corrected chi connectivity index (χ4v) is 6.50. The number of hydrogen-bond donors (Lipinski definition) is 0. The van der Waals surface area contributed by atoms with Crippen molar-refractivity contribution in [3.63, 3.8) is 0 Å². The highest BCUT2D eigenvalue weighted by atomic mass is 16.3. The minimum absolute atomic E-state index is 0.496. The Morgan fingerprint density at radius 3 is 2.27 bits per heavy atom. The lowest BCUT2D eigenvalue weighted by Crippen LogP contribution is -2.32. The molecule has 0 N–H and O–H groups in total. The number of fused-ring (bicyclic) bond motifs is 3. The van der Waals surface area contributed by atoms with Crippen LogP contribution in [0.3, 0.4) is 0 Å². The zero-order chi connectivity index (χ0) is 25.7. The Kier molecular flexibility index (Phi) is 6.15. The fourth-order valence-electron chi connectivity index (χ4n) is 6.50. The summed E-state index contributed by atoms with van der Waals surface area (Å²) in [6, 6.07) is 22.7. The van der Waals surface area contributed by atoms with E-state index in [4.69, 9.17) is 4.42 Å². The molecule has 2 heterocycles. The van der Waals surface area contributed by atoms with E-state index in [-0.39, 0.29) is 0 Å². The zero-order valence-electron chi connectivity index (χ0n) is 22.9. The summed E-state index contributed by atoms with van der Waals surface area (Å²) in [7, 11) is 2.15. The molecule has 1 aliphatic carbocycles. The second kappa shape index (κ2) is 9.49. The van der Waals surface area contributed by atoms with Crippen LogP contribution in [0.1, 0.15) is 80.0 Å². The summed E-state index contributed by atoms with van der Waals surface area (Å²) < 4.78 is 9.08. The van der Waals surface area contributed by atoms with Gasteiger partial charge in [0.25, 0.3) is 0 Å². The van der Waals surface area contributed by atoms with E-state index in [0.29, 0.717) is 5.92 Å². The molecule has 1 aliphatic rings. The second-order valence-corrected chi connectivity index (χ2v) is 11.4. The van der Waals surface area contributed by atoms with Crippen LogP contribution in [0.4, 0.5) is 0 Å². The number of aryl methyl sites for hydroxylation is 3. The van der Waals surface area contributed by atoms with E-state index in [1.807, 2.05) is 0 Å². The maximum atomic E-state index is 6.81. The third kappa shape index (κ3) is 4.17. The van der Waals surface area contributed by atoms with Crippen molar-refractivity contribution in [2.24, 2.45) is 7.05 Å². The smallest absolute Gasteiger partial charge is 0.216 e. The number of aromatic nitrogens is 1. The molecular formula is C35H38NO+. The molecule has 0 atom stereocenters. The highest BCUT2D eigenvalue weighted by molar-refractivity contribution is 6.13. The molecule has 1 fully saturated rings. The molecule has 0 spiro atoms. The van der Waals surface area contributed by atoms with E-state index in [9.17, 15) is 0 Å². The summed E-state index contributed by atoms with van der Waals surface area (Å²) >= 11 is 0. The number of nitrogens with zero attached hydrogens (tertiary/aromatic N) is 1. The van der Waals surface area contributed by atoms with Crippen LogP contribution in [-0.2, 0) is 7.05 Å². The lowest BCUT2D eigenvalue weighted by molar-refractivity contribution is -0.660. The molecule has 0 saturated heterocycles. The standard InChI is InChI=1S/C35H38NO/c1-22(2)31-21-36(5)32(20-24(31)4)33-23(3)14-19-30-29-13-9-12-28(34(29)37-35(30)33)27-17-15-26(16-18-27)25-10-7-6-8-11-25/h9,12-22,25H,6-8,10-11H2,1-5H3/q+1. The quantitative estimate of drug-likeness (QED) is 0.230. The summed E-state index contributed by atoms with van der Waals surface area (Å²) in [5, 5.41) is 2.37. The summed E-state index contributed by atoms with van der Waals surface area (Å²) in [4.78, 5) is 0.